The maximum absolute atomic E-state index is 12.8. The molecule has 7 nitrogen and oxygen atoms in total. The van der Waals surface area contributed by atoms with Crippen LogP contribution in [-0.2, 0) is 14.3 Å². The van der Waals surface area contributed by atoms with Crippen molar-refractivity contribution in [2.24, 2.45) is 5.92 Å². The third-order valence-electron chi connectivity index (χ3n) is 4.69. The lowest BCUT2D eigenvalue weighted by Crippen LogP contribution is -2.48. The van der Waals surface area contributed by atoms with Crippen LogP contribution in [0.5, 0.6) is 0 Å². The number of carbonyl (C=O) groups excluding carboxylic acids is 4. The van der Waals surface area contributed by atoms with Crippen molar-refractivity contribution in [2.75, 3.05) is 20.2 Å². The normalized spacial score (nSPS) is 15.5. The summed E-state index contributed by atoms with van der Waals surface area (Å²) in [6.07, 6.45) is 0.682. The van der Waals surface area contributed by atoms with E-state index in [-0.39, 0.29) is 25.0 Å². The van der Waals surface area contributed by atoms with E-state index >= 15 is 0 Å². The molecule has 0 aromatic heterocycles. The van der Waals surface area contributed by atoms with Crippen LogP contribution in [0.2, 0.25) is 0 Å². The first-order valence-corrected chi connectivity index (χ1v) is 8.64. The average molecular weight is 360 g/mol. The van der Waals surface area contributed by atoms with Gasteiger partial charge >= 0.3 is 5.97 Å². The lowest BCUT2D eigenvalue weighted by atomic mass is 10.1. The number of esters is 1. The van der Waals surface area contributed by atoms with Gasteiger partial charge in [0.1, 0.15) is 6.54 Å². The third-order valence-corrected chi connectivity index (χ3v) is 4.69. The lowest BCUT2D eigenvalue weighted by Gasteiger charge is -2.31. The van der Waals surface area contributed by atoms with Crippen LogP contribution in [0, 0.1) is 5.92 Å². The van der Waals surface area contributed by atoms with Gasteiger partial charge in [0.15, 0.2) is 0 Å². The molecule has 0 saturated carbocycles. The zero-order chi connectivity index (χ0) is 19.4. The highest BCUT2D eigenvalue weighted by atomic mass is 16.5. The summed E-state index contributed by atoms with van der Waals surface area (Å²) in [4.78, 5) is 51.9. The zero-order valence-corrected chi connectivity index (χ0v) is 15.5. The van der Waals surface area contributed by atoms with Crippen molar-refractivity contribution in [1.29, 1.82) is 0 Å². The largest absolute Gasteiger partial charge is 0.469 e. The van der Waals surface area contributed by atoms with Gasteiger partial charge in [0, 0.05) is 12.6 Å². The number of ether oxygens (including phenoxy) is 1. The molecule has 7 heteroatoms. The number of rotatable bonds is 7. The van der Waals surface area contributed by atoms with Gasteiger partial charge in [0.25, 0.3) is 11.8 Å². The van der Waals surface area contributed by atoms with Crippen LogP contribution in [0.25, 0.3) is 0 Å². The number of hydrogen-bond acceptors (Lipinski definition) is 5. The molecule has 26 heavy (non-hydrogen) atoms. The molecule has 0 aliphatic carbocycles. The van der Waals surface area contributed by atoms with Gasteiger partial charge in [-0.25, -0.2) is 0 Å². The molecule has 0 saturated heterocycles. The minimum absolute atomic E-state index is 0.134. The molecule has 0 N–H and O–H groups in total. The molecule has 1 aromatic rings. The second-order valence-corrected chi connectivity index (χ2v) is 6.47. The predicted molar refractivity (Wildman–Crippen MR) is 94.5 cm³/mol. The molecule has 1 heterocycles. The summed E-state index contributed by atoms with van der Waals surface area (Å²) >= 11 is 0. The number of benzene rings is 1. The van der Waals surface area contributed by atoms with Gasteiger partial charge in [0.05, 0.1) is 24.2 Å². The van der Waals surface area contributed by atoms with E-state index in [1.54, 1.807) is 31.2 Å². The Morgan fingerprint density at radius 2 is 1.65 bits per heavy atom. The SMILES string of the molecule is CCC(C)N(CC(C)C(=O)OC)C(=O)CN1C(=O)c2ccccc2C1=O. The number of imide groups is 1. The van der Waals surface area contributed by atoms with Crippen molar-refractivity contribution < 1.29 is 23.9 Å². The number of amides is 3. The van der Waals surface area contributed by atoms with Crippen molar-refractivity contribution in [1.82, 2.24) is 9.80 Å². The monoisotopic (exact) mass is 360 g/mol. The number of hydrogen-bond donors (Lipinski definition) is 0. The molecule has 0 radical (unpaired) electrons. The average Bonchev–Trinajstić information content (AvgIpc) is 2.89. The van der Waals surface area contributed by atoms with Crippen LogP contribution in [0.1, 0.15) is 47.9 Å². The highest BCUT2D eigenvalue weighted by Crippen LogP contribution is 2.22. The van der Waals surface area contributed by atoms with Gasteiger partial charge < -0.3 is 9.64 Å². The fourth-order valence-electron chi connectivity index (χ4n) is 2.93. The summed E-state index contributed by atoms with van der Waals surface area (Å²) in [7, 11) is 1.30. The van der Waals surface area contributed by atoms with Gasteiger partial charge in [0.2, 0.25) is 5.91 Å². The first-order chi connectivity index (χ1) is 12.3. The maximum Gasteiger partial charge on any atom is 0.310 e. The third kappa shape index (κ3) is 3.76. The van der Waals surface area contributed by atoms with E-state index in [4.69, 9.17) is 4.74 Å². The fraction of sp³-hybridized carbons (Fsp3) is 0.474. The summed E-state index contributed by atoms with van der Waals surface area (Å²) < 4.78 is 4.72. The Labute approximate surface area is 152 Å². The van der Waals surface area contributed by atoms with Crippen molar-refractivity contribution >= 4 is 23.7 Å². The maximum atomic E-state index is 12.8. The number of nitrogens with zero attached hydrogens (tertiary/aromatic N) is 2. The Hall–Kier alpha value is -2.70. The number of methoxy groups -OCH3 is 1. The molecule has 0 spiro atoms. The summed E-state index contributed by atoms with van der Waals surface area (Å²) in [6.45, 7) is 5.30. The fourth-order valence-corrected chi connectivity index (χ4v) is 2.93. The molecular weight excluding hydrogens is 336 g/mol. The van der Waals surface area contributed by atoms with E-state index in [1.807, 2.05) is 13.8 Å². The van der Waals surface area contributed by atoms with Gasteiger partial charge in [-0.1, -0.05) is 26.0 Å². The molecule has 2 unspecified atom stereocenters. The van der Waals surface area contributed by atoms with Gasteiger partial charge in [-0.3, -0.25) is 24.1 Å². The van der Waals surface area contributed by atoms with Gasteiger partial charge in [-0.05, 0) is 25.5 Å². The van der Waals surface area contributed by atoms with E-state index in [0.29, 0.717) is 17.5 Å². The Morgan fingerprint density at radius 3 is 2.12 bits per heavy atom. The van der Waals surface area contributed by atoms with Gasteiger partial charge in [-0.2, -0.15) is 0 Å². The molecule has 3 amide bonds. The molecular formula is C19H24N2O5. The van der Waals surface area contributed by atoms with Crippen molar-refractivity contribution in [3.63, 3.8) is 0 Å². The smallest absolute Gasteiger partial charge is 0.310 e. The molecule has 0 fully saturated rings. The molecule has 1 aliphatic heterocycles. The van der Waals surface area contributed by atoms with Crippen LogP contribution in [-0.4, -0.2) is 59.7 Å². The quantitative estimate of drug-likeness (QED) is 0.546. The van der Waals surface area contributed by atoms with E-state index in [1.165, 1.54) is 12.0 Å². The van der Waals surface area contributed by atoms with Crippen LogP contribution >= 0.6 is 0 Å². The molecule has 1 aromatic carbocycles. The summed E-state index contributed by atoms with van der Waals surface area (Å²) in [6, 6.07) is 6.37. The minimum Gasteiger partial charge on any atom is -0.469 e. The Balaban J connectivity index is 2.16. The topological polar surface area (TPSA) is 84.0 Å². The van der Waals surface area contributed by atoms with E-state index in [2.05, 4.69) is 0 Å². The van der Waals surface area contributed by atoms with Crippen LogP contribution < -0.4 is 0 Å². The second kappa shape index (κ2) is 8.12. The molecule has 2 atom stereocenters. The number of carbonyl (C=O) groups is 4. The Kier molecular flexibility index (Phi) is 6.13. The van der Waals surface area contributed by atoms with Crippen molar-refractivity contribution in [3.05, 3.63) is 35.4 Å². The molecule has 2 rings (SSSR count). The number of fused-ring (bicyclic) bond motifs is 1. The Morgan fingerprint density at radius 1 is 1.12 bits per heavy atom. The predicted octanol–water partition coefficient (Wildman–Crippen LogP) is 1.72. The summed E-state index contributed by atoms with van der Waals surface area (Å²) in [5, 5.41) is 0. The lowest BCUT2D eigenvalue weighted by molar-refractivity contribution is -0.147. The second-order valence-electron chi connectivity index (χ2n) is 6.47. The first kappa shape index (κ1) is 19.6. The molecule has 0 bridgehead atoms. The van der Waals surface area contributed by atoms with Crippen LogP contribution in [0.15, 0.2) is 24.3 Å². The molecule has 140 valence electrons. The Bertz CT molecular complexity index is 695. The highest BCUT2D eigenvalue weighted by molar-refractivity contribution is 6.22. The van der Waals surface area contributed by atoms with Crippen LogP contribution in [0.3, 0.4) is 0 Å². The molecule has 1 aliphatic rings. The van der Waals surface area contributed by atoms with Crippen molar-refractivity contribution in [3.8, 4) is 0 Å². The zero-order valence-electron chi connectivity index (χ0n) is 15.5. The highest BCUT2D eigenvalue weighted by Gasteiger charge is 2.37. The van der Waals surface area contributed by atoms with E-state index in [9.17, 15) is 19.2 Å². The first-order valence-electron chi connectivity index (χ1n) is 8.64. The standard InChI is InChI=1S/C19H24N2O5/c1-5-13(3)20(10-12(2)19(25)26-4)16(22)11-21-17(23)14-8-6-7-9-15(14)18(21)24/h6-9,12-13H,5,10-11H2,1-4H3. The van der Waals surface area contributed by atoms with Crippen molar-refractivity contribution in [2.45, 2.75) is 33.2 Å². The summed E-state index contributed by atoms with van der Waals surface area (Å²) in [5.41, 5.74) is 0.617. The van der Waals surface area contributed by atoms with Gasteiger partial charge in [-0.15, -0.1) is 0 Å². The summed E-state index contributed by atoms with van der Waals surface area (Å²) in [5.74, 6) is -2.22. The van der Waals surface area contributed by atoms with E-state index in [0.717, 1.165) is 4.90 Å². The minimum atomic E-state index is -0.500. The van der Waals surface area contributed by atoms with E-state index < -0.39 is 23.7 Å². The van der Waals surface area contributed by atoms with Crippen LogP contribution in [0.4, 0.5) is 0 Å².